The minimum absolute atomic E-state index is 0.703. The van der Waals surface area contributed by atoms with Crippen molar-refractivity contribution in [1.82, 2.24) is 5.32 Å². The maximum atomic E-state index is 4.03. The minimum atomic E-state index is 0.703. The Morgan fingerprint density at radius 3 is 2.55 bits per heavy atom. The Kier molecular flexibility index (Phi) is 4.45. The minimum Gasteiger partial charge on any atom is -0.311 e. The van der Waals surface area contributed by atoms with Crippen molar-refractivity contribution in [2.45, 2.75) is 70.9 Å². The Labute approximate surface area is 124 Å². The van der Waals surface area contributed by atoms with Crippen molar-refractivity contribution >= 4 is 0 Å². The van der Waals surface area contributed by atoms with E-state index in [1.54, 1.807) is 11.1 Å². The third-order valence-corrected chi connectivity index (χ3v) is 5.47. The molecule has 1 aromatic carbocycles. The Bertz CT molecular complexity index is 437. The van der Waals surface area contributed by atoms with E-state index in [1.807, 2.05) is 0 Å². The molecule has 3 rings (SSSR count). The molecule has 1 heteroatoms. The van der Waals surface area contributed by atoms with Gasteiger partial charge in [-0.3, -0.25) is 0 Å². The molecule has 3 unspecified atom stereocenters. The smallest absolute Gasteiger partial charge is 0.0113 e. The summed E-state index contributed by atoms with van der Waals surface area (Å²) in [5.74, 6) is 1.71. The number of hydrogen-bond donors (Lipinski definition) is 1. The first kappa shape index (κ1) is 14.1. The number of rotatable bonds is 3. The van der Waals surface area contributed by atoms with Crippen molar-refractivity contribution in [1.29, 1.82) is 0 Å². The van der Waals surface area contributed by atoms with Gasteiger partial charge in [0.05, 0.1) is 0 Å². The zero-order chi connectivity index (χ0) is 13.9. The van der Waals surface area contributed by atoms with Crippen molar-refractivity contribution in [3.05, 3.63) is 35.4 Å². The van der Waals surface area contributed by atoms with Crippen LogP contribution in [0.5, 0.6) is 0 Å². The fraction of sp³-hybridized carbons (Fsp3) is 0.684. The van der Waals surface area contributed by atoms with Crippen LogP contribution < -0.4 is 5.32 Å². The Morgan fingerprint density at radius 1 is 1.00 bits per heavy atom. The van der Waals surface area contributed by atoms with Crippen LogP contribution in [0.3, 0.4) is 0 Å². The average molecular weight is 271 g/mol. The predicted molar refractivity (Wildman–Crippen MR) is 86.0 cm³/mol. The van der Waals surface area contributed by atoms with Gasteiger partial charge < -0.3 is 5.32 Å². The lowest BCUT2D eigenvalue weighted by molar-refractivity contribution is 0.187. The molecule has 1 saturated carbocycles. The van der Waals surface area contributed by atoms with E-state index in [-0.39, 0.29) is 0 Å². The molecular weight excluding hydrogens is 242 g/mol. The topological polar surface area (TPSA) is 12.0 Å². The van der Waals surface area contributed by atoms with Gasteiger partial charge in [0, 0.05) is 12.1 Å². The van der Waals surface area contributed by atoms with Gasteiger partial charge in [-0.15, -0.1) is 0 Å². The molecule has 1 aromatic rings. The number of hydrogen-bond acceptors (Lipinski definition) is 1. The van der Waals surface area contributed by atoms with E-state index >= 15 is 0 Å². The van der Waals surface area contributed by atoms with Gasteiger partial charge in [-0.25, -0.2) is 0 Å². The number of fused-ring (bicyclic) bond motifs is 1. The normalized spacial score (nSPS) is 30.2. The molecule has 2 aliphatic rings. The second-order valence-corrected chi connectivity index (χ2v) is 7.17. The van der Waals surface area contributed by atoms with Crippen molar-refractivity contribution in [3.8, 4) is 0 Å². The molecule has 1 fully saturated rings. The molecule has 0 aromatic heterocycles. The van der Waals surface area contributed by atoms with E-state index in [4.69, 9.17) is 0 Å². The fourth-order valence-electron chi connectivity index (χ4n) is 4.31. The summed E-state index contributed by atoms with van der Waals surface area (Å²) in [5.41, 5.74) is 3.16. The van der Waals surface area contributed by atoms with Crippen molar-refractivity contribution in [2.24, 2.45) is 11.8 Å². The second kappa shape index (κ2) is 6.30. The molecule has 1 N–H and O–H groups in total. The molecule has 2 aliphatic carbocycles. The highest BCUT2D eigenvalue weighted by atomic mass is 15.0. The van der Waals surface area contributed by atoms with Gasteiger partial charge in [0.25, 0.3) is 0 Å². The van der Waals surface area contributed by atoms with Crippen LogP contribution in [0.1, 0.15) is 57.1 Å². The van der Waals surface area contributed by atoms with Gasteiger partial charge in [-0.2, -0.15) is 0 Å². The van der Waals surface area contributed by atoms with Gasteiger partial charge >= 0.3 is 0 Å². The van der Waals surface area contributed by atoms with Crippen molar-refractivity contribution in [2.75, 3.05) is 0 Å². The maximum absolute atomic E-state index is 4.03. The average Bonchev–Trinajstić information content (AvgIpc) is 2.47. The summed E-state index contributed by atoms with van der Waals surface area (Å²) in [4.78, 5) is 0. The molecule has 3 atom stereocenters. The van der Waals surface area contributed by atoms with Crippen LogP contribution in [0.25, 0.3) is 0 Å². The van der Waals surface area contributed by atoms with Crippen LogP contribution in [-0.2, 0) is 12.8 Å². The first-order valence-corrected chi connectivity index (χ1v) is 8.57. The third kappa shape index (κ3) is 3.09. The van der Waals surface area contributed by atoms with Crippen LogP contribution in [0.15, 0.2) is 24.3 Å². The predicted octanol–water partition coefficient (Wildman–Crippen LogP) is 4.35. The molecular formula is C19H29N. The molecule has 0 aliphatic heterocycles. The zero-order valence-electron chi connectivity index (χ0n) is 13.1. The SMILES string of the molecule is CC(C)C1CCCCC1NC1CCc2ccccc2C1. The number of benzene rings is 1. The van der Waals surface area contributed by atoms with Gasteiger partial charge in [-0.1, -0.05) is 51.0 Å². The zero-order valence-corrected chi connectivity index (χ0v) is 13.1. The summed E-state index contributed by atoms with van der Waals surface area (Å²) in [6, 6.07) is 10.5. The summed E-state index contributed by atoms with van der Waals surface area (Å²) in [6.07, 6.45) is 9.49. The van der Waals surface area contributed by atoms with E-state index in [1.165, 1.54) is 44.9 Å². The van der Waals surface area contributed by atoms with Crippen LogP contribution in [0.2, 0.25) is 0 Å². The highest BCUT2D eigenvalue weighted by Crippen LogP contribution is 2.31. The summed E-state index contributed by atoms with van der Waals surface area (Å²) in [5, 5.41) is 4.03. The highest BCUT2D eigenvalue weighted by Gasteiger charge is 2.30. The lowest BCUT2D eigenvalue weighted by Crippen LogP contribution is -2.47. The molecule has 20 heavy (non-hydrogen) atoms. The van der Waals surface area contributed by atoms with Crippen molar-refractivity contribution < 1.29 is 0 Å². The van der Waals surface area contributed by atoms with E-state index < -0.39 is 0 Å². The monoisotopic (exact) mass is 271 g/mol. The number of aryl methyl sites for hydroxylation is 1. The summed E-state index contributed by atoms with van der Waals surface area (Å²) in [7, 11) is 0. The van der Waals surface area contributed by atoms with E-state index in [2.05, 4.69) is 43.4 Å². The van der Waals surface area contributed by atoms with Gasteiger partial charge in [0.1, 0.15) is 0 Å². The van der Waals surface area contributed by atoms with Gasteiger partial charge in [0.15, 0.2) is 0 Å². The summed E-state index contributed by atoms with van der Waals surface area (Å²) >= 11 is 0. The van der Waals surface area contributed by atoms with Crippen LogP contribution in [0, 0.1) is 11.8 Å². The lowest BCUT2D eigenvalue weighted by atomic mass is 9.77. The van der Waals surface area contributed by atoms with Crippen LogP contribution in [-0.4, -0.2) is 12.1 Å². The van der Waals surface area contributed by atoms with Crippen LogP contribution in [0.4, 0.5) is 0 Å². The first-order chi connectivity index (χ1) is 9.74. The van der Waals surface area contributed by atoms with Crippen molar-refractivity contribution in [3.63, 3.8) is 0 Å². The standard InChI is InChI=1S/C19H29N/c1-14(2)18-9-5-6-10-19(18)20-17-12-11-15-7-3-4-8-16(15)13-17/h3-4,7-8,14,17-20H,5-6,9-13H2,1-2H3. The maximum Gasteiger partial charge on any atom is 0.0113 e. The Hall–Kier alpha value is -0.820. The fourth-order valence-corrected chi connectivity index (χ4v) is 4.31. The molecule has 110 valence electrons. The Morgan fingerprint density at radius 2 is 1.75 bits per heavy atom. The number of nitrogens with one attached hydrogen (secondary N) is 1. The first-order valence-electron chi connectivity index (χ1n) is 8.57. The highest BCUT2D eigenvalue weighted by molar-refractivity contribution is 5.30. The molecule has 0 radical (unpaired) electrons. The van der Waals surface area contributed by atoms with Gasteiger partial charge in [0.2, 0.25) is 0 Å². The molecule has 0 spiro atoms. The summed E-state index contributed by atoms with van der Waals surface area (Å²) < 4.78 is 0. The molecule has 1 nitrogen and oxygen atoms in total. The molecule has 0 bridgehead atoms. The quantitative estimate of drug-likeness (QED) is 0.862. The second-order valence-electron chi connectivity index (χ2n) is 7.17. The van der Waals surface area contributed by atoms with Gasteiger partial charge in [-0.05, 0) is 55.1 Å². The largest absolute Gasteiger partial charge is 0.311 e. The van der Waals surface area contributed by atoms with Crippen LogP contribution >= 0.6 is 0 Å². The molecule has 0 heterocycles. The summed E-state index contributed by atoms with van der Waals surface area (Å²) in [6.45, 7) is 4.81. The third-order valence-electron chi connectivity index (χ3n) is 5.47. The molecule has 0 saturated heterocycles. The molecule has 0 amide bonds. The Balaban J connectivity index is 1.63. The van der Waals surface area contributed by atoms with E-state index in [0.717, 1.165) is 17.9 Å². The van der Waals surface area contributed by atoms with E-state index in [9.17, 15) is 0 Å². The van der Waals surface area contributed by atoms with E-state index in [0.29, 0.717) is 6.04 Å². The lowest BCUT2D eigenvalue weighted by Gasteiger charge is -2.38.